The standard InChI is InChI=1S/C18H18O/c1-13-2-3-14-4-5-16(11-15(14)10-13)17-6-8-18(19,12-17)9-7-17/h2-6,8,10-11,19H,7,9,12H2,1H3. The largest absolute Gasteiger partial charge is 0.386 e. The Hall–Kier alpha value is -1.60. The summed E-state index contributed by atoms with van der Waals surface area (Å²) in [6.07, 6.45) is 7.06. The fraction of sp³-hybridized carbons (Fsp3) is 0.333. The number of hydrogen-bond donors (Lipinski definition) is 1. The molecule has 0 heterocycles. The predicted molar refractivity (Wildman–Crippen MR) is 78.3 cm³/mol. The van der Waals surface area contributed by atoms with Gasteiger partial charge in [0.1, 0.15) is 0 Å². The maximum absolute atomic E-state index is 10.3. The summed E-state index contributed by atoms with van der Waals surface area (Å²) in [4.78, 5) is 0. The molecule has 2 aromatic carbocycles. The van der Waals surface area contributed by atoms with Crippen molar-refractivity contribution in [2.75, 3.05) is 0 Å². The molecule has 19 heavy (non-hydrogen) atoms. The molecule has 2 atom stereocenters. The highest BCUT2D eigenvalue weighted by Gasteiger charge is 2.50. The van der Waals surface area contributed by atoms with Gasteiger partial charge in [-0.3, -0.25) is 0 Å². The Morgan fingerprint density at radius 3 is 2.47 bits per heavy atom. The van der Waals surface area contributed by atoms with Gasteiger partial charge in [0, 0.05) is 5.41 Å². The highest BCUT2D eigenvalue weighted by Crippen LogP contribution is 2.53. The van der Waals surface area contributed by atoms with Gasteiger partial charge in [0.2, 0.25) is 0 Å². The van der Waals surface area contributed by atoms with Crippen molar-refractivity contribution < 1.29 is 5.11 Å². The van der Waals surface area contributed by atoms with Crippen LogP contribution in [0, 0.1) is 6.92 Å². The van der Waals surface area contributed by atoms with E-state index in [-0.39, 0.29) is 5.41 Å². The average Bonchev–Trinajstić information content (AvgIpc) is 2.92. The molecule has 0 spiro atoms. The predicted octanol–water partition coefficient (Wildman–Crippen LogP) is 3.87. The van der Waals surface area contributed by atoms with E-state index in [1.807, 2.05) is 6.08 Å². The molecule has 2 bridgehead atoms. The molecule has 1 fully saturated rings. The van der Waals surface area contributed by atoms with Crippen molar-refractivity contribution in [3.8, 4) is 0 Å². The molecule has 1 saturated carbocycles. The Bertz CT molecular complexity index is 700. The Balaban J connectivity index is 1.86. The van der Waals surface area contributed by atoms with Crippen LogP contribution in [-0.2, 0) is 5.41 Å². The minimum atomic E-state index is -0.540. The lowest BCUT2D eigenvalue weighted by molar-refractivity contribution is 0.101. The Labute approximate surface area is 113 Å². The number of aliphatic hydroxyl groups is 1. The van der Waals surface area contributed by atoms with Crippen LogP contribution in [0.2, 0.25) is 0 Å². The Morgan fingerprint density at radius 1 is 0.947 bits per heavy atom. The van der Waals surface area contributed by atoms with Gasteiger partial charge in [0.25, 0.3) is 0 Å². The lowest BCUT2D eigenvalue weighted by atomic mass is 9.79. The van der Waals surface area contributed by atoms with Gasteiger partial charge in [0.15, 0.2) is 0 Å². The first-order valence-electron chi connectivity index (χ1n) is 7.02. The van der Waals surface area contributed by atoms with Crippen molar-refractivity contribution in [3.05, 3.63) is 59.7 Å². The number of fused-ring (bicyclic) bond motifs is 3. The van der Waals surface area contributed by atoms with E-state index in [9.17, 15) is 5.11 Å². The van der Waals surface area contributed by atoms with Crippen LogP contribution in [0.1, 0.15) is 30.4 Å². The summed E-state index contributed by atoms with van der Waals surface area (Å²) in [6.45, 7) is 2.13. The van der Waals surface area contributed by atoms with Crippen molar-refractivity contribution in [1.82, 2.24) is 0 Å². The fourth-order valence-electron chi connectivity index (χ4n) is 3.78. The zero-order valence-corrected chi connectivity index (χ0v) is 11.2. The molecule has 0 aromatic heterocycles. The molecule has 4 rings (SSSR count). The molecule has 2 aromatic rings. The average molecular weight is 250 g/mol. The molecule has 2 aliphatic rings. The van der Waals surface area contributed by atoms with E-state index in [0.717, 1.165) is 19.3 Å². The summed E-state index contributed by atoms with van der Waals surface area (Å²) in [6, 6.07) is 13.3. The van der Waals surface area contributed by atoms with Gasteiger partial charge in [0.05, 0.1) is 5.60 Å². The van der Waals surface area contributed by atoms with Crippen molar-refractivity contribution in [1.29, 1.82) is 0 Å². The third-order valence-electron chi connectivity index (χ3n) is 4.91. The van der Waals surface area contributed by atoms with Gasteiger partial charge in [-0.25, -0.2) is 0 Å². The second-order valence-corrected chi connectivity index (χ2v) is 6.34. The SMILES string of the molecule is Cc1ccc2ccc(C34C=CC(O)(CC3)C4)cc2c1. The molecule has 1 N–H and O–H groups in total. The van der Waals surface area contributed by atoms with Gasteiger partial charge >= 0.3 is 0 Å². The molecule has 2 unspecified atom stereocenters. The molecule has 2 aliphatic carbocycles. The van der Waals surface area contributed by atoms with Crippen LogP contribution in [0.3, 0.4) is 0 Å². The van der Waals surface area contributed by atoms with Gasteiger partial charge in [-0.05, 0) is 42.5 Å². The highest BCUT2D eigenvalue weighted by molar-refractivity contribution is 5.84. The molecule has 1 heteroatoms. The number of allylic oxidation sites excluding steroid dienone is 1. The quantitative estimate of drug-likeness (QED) is 0.762. The summed E-state index contributed by atoms with van der Waals surface area (Å²) in [7, 11) is 0. The lowest BCUT2D eigenvalue weighted by Gasteiger charge is -2.24. The molecule has 1 nitrogen and oxygen atoms in total. The monoisotopic (exact) mass is 250 g/mol. The van der Waals surface area contributed by atoms with Crippen molar-refractivity contribution in [3.63, 3.8) is 0 Å². The van der Waals surface area contributed by atoms with Crippen LogP contribution in [0.15, 0.2) is 48.6 Å². The summed E-state index contributed by atoms with van der Waals surface area (Å²) in [5.41, 5.74) is 2.19. The number of benzene rings is 2. The van der Waals surface area contributed by atoms with Gasteiger partial charge < -0.3 is 5.11 Å². The molecule has 0 amide bonds. The zero-order valence-electron chi connectivity index (χ0n) is 11.2. The van der Waals surface area contributed by atoms with Crippen LogP contribution in [0.5, 0.6) is 0 Å². The maximum atomic E-state index is 10.3. The van der Waals surface area contributed by atoms with E-state index < -0.39 is 5.60 Å². The number of rotatable bonds is 1. The van der Waals surface area contributed by atoms with E-state index in [1.54, 1.807) is 0 Å². The number of hydrogen-bond acceptors (Lipinski definition) is 1. The van der Waals surface area contributed by atoms with E-state index in [2.05, 4.69) is 49.4 Å². The van der Waals surface area contributed by atoms with Crippen molar-refractivity contribution in [2.24, 2.45) is 0 Å². The summed E-state index contributed by atoms with van der Waals surface area (Å²) in [5.74, 6) is 0. The highest BCUT2D eigenvalue weighted by atomic mass is 16.3. The van der Waals surface area contributed by atoms with Crippen LogP contribution in [-0.4, -0.2) is 10.7 Å². The minimum Gasteiger partial charge on any atom is -0.386 e. The van der Waals surface area contributed by atoms with Gasteiger partial charge in [-0.2, -0.15) is 0 Å². The third kappa shape index (κ3) is 1.58. The second-order valence-electron chi connectivity index (χ2n) is 6.34. The van der Waals surface area contributed by atoms with E-state index in [4.69, 9.17) is 0 Å². The number of aryl methyl sites for hydroxylation is 1. The Morgan fingerprint density at radius 2 is 1.79 bits per heavy atom. The molecule has 0 aliphatic heterocycles. The first kappa shape index (κ1) is 11.2. The van der Waals surface area contributed by atoms with Crippen molar-refractivity contribution >= 4 is 10.8 Å². The van der Waals surface area contributed by atoms with Crippen LogP contribution in [0.25, 0.3) is 10.8 Å². The van der Waals surface area contributed by atoms with Gasteiger partial charge in [-0.15, -0.1) is 0 Å². The molecule has 0 saturated heterocycles. The third-order valence-corrected chi connectivity index (χ3v) is 4.91. The van der Waals surface area contributed by atoms with E-state index >= 15 is 0 Å². The minimum absolute atomic E-state index is 0.0761. The zero-order chi connectivity index (χ0) is 13.1. The molecular formula is C18H18O. The summed E-state index contributed by atoms with van der Waals surface area (Å²) in [5, 5.41) is 12.9. The van der Waals surface area contributed by atoms with Crippen LogP contribution < -0.4 is 0 Å². The molecule has 0 radical (unpaired) electrons. The lowest BCUT2D eigenvalue weighted by Crippen LogP contribution is -2.20. The maximum Gasteiger partial charge on any atom is 0.0840 e. The fourth-order valence-corrected chi connectivity index (χ4v) is 3.78. The molecular weight excluding hydrogens is 232 g/mol. The van der Waals surface area contributed by atoms with Crippen LogP contribution >= 0.6 is 0 Å². The van der Waals surface area contributed by atoms with Gasteiger partial charge in [-0.1, -0.05) is 54.1 Å². The first-order chi connectivity index (χ1) is 9.09. The molecule has 96 valence electrons. The topological polar surface area (TPSA) is 20.2 Å². The summed E-state index contributed by atoms with van der Waals surface area (Å²) < 4.78 is 0. The van der Waals surface area contributed by atoms with E-state index in [1.165, 1.54) is 21.9 Å². The normalized spacial score (nSPS) is 32.3. The smallest absolute Gasteiger partial charge is 0.0840 e. The van der Waals surface area contributed by atoms with Crippen LogP contribution in [0.4, 0.5) is 0 Å². The Kier molecular flexibility index (Phi) is 2.06. The van der Waals surface area contributed by atoms with Crippen molar-refractivity contribution in [2.45, 2.75) is 37.2 Å². The van der Waals surface area contributed by atoms with E-state index in [0.29, 0.717) is 0 Å². The second kappa shape index (κ2) is 3.49. The first-order valence-corrected chi connectivity index (χ1v) is 7.02. The summed E-state index contributed by atoms with van der Waals surface area (Å²) >= 11 is 0.